The molecule has 0 amide bonds. The highest BCUT2D eigenvalue weighted by Crippen LogP contribution is 2.24. The van der Waals surface area contributed by atoms with Gasteiger partial charge >= 0.3 is 0 Å². The lowest BCUT2D eigenvalue weighted by Gasteiger charge is -2.14. The molecule has 0 heterocycles. The minimum Gasteiger partial charge on any atom is -0.299 e. The van der Waals surface area contributed by atoms with Crippen LogP contribution in [0.4, 0.5) is 0 Å². The van der Waals surface area contributed by atoms with E-state index in [2.05, 4.69) is 32.0 Å². The quantitative estimate of drug-likeness (QED) is 0.652. The first-order valence-corrected chi connectivity index (χ1v) is 6.22. The number of benzene rings is 1. The summed E-state index contributed by atoms with van der Waals surface area (Å²) in [4.78, 5) is 11.6. The van der Waals surface area contributed by atoms with Gasteiger partial charge in [-0.25, -0.2) is 0 Å². The Bertz CT molecular complexity index is 341. The monoisotopic (exact) mass is 218 g/mol. The van der Waals surface area contributed by atoms with Gasteiger partial charge in [0, 0.05) is 5.92 Å². The van der Waals surface area contributed by atoms with Crippen molar-refractivity contribution in [1.29, 1.82) is 0 Å². The molecule has 0 bridgehead atoms. The van der Waals surface area contributed by atoms with Crippen molar-refractivity contribution in [3.63, 3.8) is 0 Å². The molecule has 0 fully saturated rings. The number of carbonyl (C=O) groups is 1. The molecule has 0 radical (unpaired) electrons. The molecule has 88 valence electrons. The maximum atomic E-state index is 11.6. The number of ketones is 1. The van der Waals surface area contributed by atoms with E-state index < -0.39 is 0 Å². The highest BCUT2D eigenvalue weighted by molar-refractivity contribution is 5.83. The van der Waals surface area contributed by atoms with Gasteiger partial charge in [0.15, 0.2) is 0 Å². The molecule has 1 aromatic carbocycles. The Morgan fingerprint density at radius 2 is 2.06 bits per heavy atom. The zero-order valence-corrected chi connectivity index (χ0v) is 10.6. The van der Waals surface area contributed by atoms with Crippen LogP contribution >= 0.6 is 0 Å². The largest absolute Gasteiger partial charge is 0.299 e. The summed E-state index contributed by atoms with van der Waals surface area (Å²) in [6.45, 7) is 5.97. The fourth-order valence-electron chi connectivity index (χ4n) is 2.09. The molecule has 1 atom stereocenters. The van der Waals surface area contributed by atoms with Crippen LogP contribution < -0.4 is 0 Å². The van der Waals surface area contributed by atoms with E-state index in [4.69, 9.17) is 0 Å². The molecule has 0 N–H and O–H groups in total. The third-order valence-corrected chi connectivity index (χ3v) is 3.03. The van der Waals surface area contributed by atoms with Crippen LogP contribution in [0, 0.1) is 6.92 Å². The Hall–Kier alpha value is -1.11. The van der Waals surface area contributed by atoms with Gasteiger partial charge < -0.3 is 0 Å². The highest BCUT2D eigenvalue weighted by Gasteiger charge is 2.15. The van der Waals surface area contributed by atoms with Gasteiger partial charge in [-0.3, -0.25) is 4.79 Å². The van der Waals surface area contributed by atoms with E-state index in [-0.39, 0.29) is 5.92 Å². The van der Waals surface area contributed by atoms with Crippen LogP contribution in [0.25, 0.3) is 0 Å². The fraction of sp³-hybridized carbons (Fsp3) is 0.533. The third kappa shape index (κ3) is 3.80. The lowest BCUT2D eigenvalue weighted by atomic mass is 9.89. The Labute approximate surface area is 98.9 Å². The van der Waals surface area contributed by atoms with Crippen molar-refractivity contribution in [3.8, 4) is 0 Å². The van der Waals surface area contributed by atoms with Crippen molar-refractivity contribution in [2.45, 2.75) is 52.4 Å². The molecule has 0 aliphatic heterocycles. The van der Waals surface area contributed by atoms with E-state index in [0.717, 1.165) is 12.8 Å². The Kier molecular flexibility index (Phi) is 5.24. The maximum Gasteiger partial charge on any atom is 0.137 e. The smallest absolute Gasteiger partial charge is 0.137 e. The fourth-order valence-corrected chi connectivity index (χ4v) is 2.09. The lowest BCUT2D eigenvalue weighted by Crippen LogP contribution is -2.09. The van der Waals surface area contributed by atoms with Crippen LogP contribution in [-0.4, -0.2) is 5.78 Å². The van der Waals surface area contributed by atoms with Crippen molar-refractivity contribution >= 4 is 5.78 Å². The predicted octanol–water partition coefficient (Wildman–Crippen LogP) is 4.25. The van der Waals surface area contributed by atoms with E-state index >= 15 is 0 Å². The molecule has 0 aliphatic rings. The molecule has 1 rings (SSSR count). The maximum absolute atomic E-state index is 11.6. The summed E-state index contributed by atoms with van der Waals surface area (Å²) < 4.78 is 0. The second kappa shape index (κ2) is 6.47. The zero-order chi connectivity index (χ0) is 12.0. The first kappa shape index (κ1) is 13.0. The summed E-state index contributed by atoms with van der Waals surface area (Å²) in [7, 11) is 0. The minimum atomic E-state index is 0.103. The Balaban J connectivity index is 2.73. The summed E-state index contributed by atoms with van der Waals surface area (Å²) in [6.07, 6.45) is 4.56. The van der Waals surface area contributed by atoms with E-state index in [1.54, 1.807) is 6.92 Å². The summed E-state index contributed by atoms with van der Waals surface area (Å²) in [5, 5.41) is 0. The van der Waals surface area contributed by atoms with E-state index in [1.807, 2.05) is 6.07 Å². The topological polar surface area (TPSA) is 17.1 Å². The van der Waals surface area contributed by atoms with Crippen LogP contribution in [0.1, 0.15) is 56.6 Å². The molecule has 0 saturated heterocycles. The molecule has 1 heteroatoms. The van der Waals surface area contributed by atoms with Gasteiger partial charge in [0.2, 0.25) is 0 Å². The number of Topliss-reactive ketones (excluding diaryl/α,β-unsaturated/α-hetero) is 1. The lowest BCUT2D eigenvalue weighted by molar-refractivity contribution is -0.118. The zero-order valence-electron chi connectivity index (χ0n) is 10.6. The average Bonchev–Trinajstić information content (AvgIpc) is 2.24. The van der Waals surface area contributed by atoms with E-state index in [0.29, 0.717) is 5.78 Å². The number of unbranched alkanes of at least 4 members (excludes halogenated alkanes) is 2. The molecule has 0 spiro atoms. The van der Waals surface area contributed by atoms with Gasteiger partial charge in [-0.15, -0.1) is 0 Å². The molecule has 16 heavy (non-hydrogen) atoms. The first-order valence-electron chi connectivity index (χ1n) is 6.22. The Morgan fingerprint density at radius 1 is 1.31 bits per heavy atom. The summed E-state index contributed by atoms with van der Waals surface area (Å²) in [5.74, 6) is 0.396. The van der Waals surface area contributed by atoms with Crippen LogP contribution in [0.2, 0.25) is 0 Å². The van der Waals surface area contributed by atoms with Crippen molar-refractivity contribution < 1.29 is 4.79 Å². The van der Waals surface area contributed by atoms with Crippen LogP contribution in [0.15, 0.2) is 24.3 Å². The van der Waals surface area contributed by atoms with Gasteiger partial charge in [-0.05, 0) is 25.8 Å². The highest BCUT2D eigenvalue weighted by atomic mass is 16.1. The number of hydrogen-bond donors (Lipinski definition) is 0. The normalized spacial score (nSPS) is 12.4. The summed E-state index contributed by atoms with van der Waals surface area (Å²) >= 11 is 0. The van der Waals surface area contributed by atoms with Crippen molar-refractivity contribution in [2.24, 2.45) is 0 Å². The van der Waals surface area contributed by atoms with Crippen molar-refractivity contribution in [1.82, 2.24) is 0 Å². The predicted molar refractivity (Wildman–Crippen MR) is 68.7 cm³/mol. The van der Waals surface area contributed by atoms with Crippen molar-refractivity contribution in [3.05, 3.63) is 35.4 Å². The number of rotatable bonds is 6. The van der Waals surface area contributed by atoms with Gasteiger partial charge in [-0.2, -0.15) is 0 Å². The van der Waals surface area contributed by atoms with Gasteiger partial charge in [0.25, 0.3) is 0 Å². The number of carbonyl (C=O) groups excluding carboxylic acids is 1. The number of hydrogen-bond acceptors (Lipinski definition) is 1. The third-order valence-electron chi connectivity index (χ3n) is 3.03. The van der Waals surface area contributed by atoms with Crippen LogP contribution in [0.5, 0.6) is 0 Å². The molecule has 1 aromatic rings. The van der Waals surface area contributed by atoms with E-state index in [9.17, 15) is 4.79 Å². The molecule has 1 unspecified atom stereocenters. The summed E-state index contributed by atoms with van der Waals surface area (Å²) in [5.41, 5.74) is 2.42. The molecule has 1 nitrogen and oxygen atoms in total. The summed E-state index contributed by atoms with van der Waals surface area (Å²) in [6, 6.07) is 8.33. The molecule has 0 saturated carbocycles. The van der Waals surface area contributed by atoms with Crippen LogP contribution in [-0.2, 0) is 4.79 Å². The number of aryl methyl sites for hydroxylation is 1. The average molecular weight is 218 g/mol. The van der Waals surface area contributed by atoms with Crippen LogP contribution in [0.3, 0.4) is 0 Å². The Morgan fingerprint density at radius 3 is 2.62 bits per heavy atom. The second-order valence-corrected chi connectivity index (χ2v) is 4.57. The second-order valence-electron chi connectivity index (χ2n) is 4.57. The van der Waals surface area contributed by atoms with Crippen molar-refractivity contribution in [2.75, 3.05) is 0 Å². The van der Waals surface area contributed by atoms with Gasteiger partial charge in [0.05, 0.1) is 0 Å². The molecular formula is C15H22O. The molecular weight excluding hydrogens is 196 g/mol. The SMILES string of the molecule is CCCCCC(C(C)=O)c1cccc(C)c1. The van der Waals surface area contributed by atoms with E-state index in [1.165, 1.54) is 24.0 Å². The molecule has 0 aliphatic carbocycles. The minimum absolute atomic E-state index is 0.103. The van der Waals surface area contributed by atoms with Gasteiger partial charge in [0.1, 0.15) is 5.78 Å². The van der Waals surface area contributed by atoms with Gasteiger partial charge in [-0.1, -0.05) is 56.0 Å². The first-order chi connectivity index (χ1) is 7.65. The molecule has 0 aromatic heterocycles. The standard InChI is InChI=1S/C15H22O/c1-4-5-6-10-15(13(3)16)14-9-7-8-12(2)11-14/h7-9,11,15H,4-6,10H2,1-3H3.